The molecule has 0 spiro atoms. The van der Waals surface area contributed by atoms with Gasteiger partial charge in [0.15, 0.2) is 5.82 Å². The second kappa shape index (κ2) is 7.75. The summed E-state index contributed by atoms with van der Waals surface area (Å²) >= 11 is 0. The van der Waals surface area contributed by atoms with Crippen LogP contribution in [0.2, 0.25) is 0 Å². The molecular formula is C23H27FN4O. The van der Waals surface area contributed by atoms with E-state index in [2.05, 4.69) is 31.6 Å². The molecule has 0 radical (unpaired) electrons. The summed E-state index contributed by atoms with van der Waals surface area (Å²) in [5.74, 6) is 1.17. The fraction of sp³-hybridized carbons (Fsp3) is 0.478. The predicted octanol–water partition coefficient (Wildman–Crippen LogP) is 4.24. The van der Waals surface area contributed by atoms with Gasteiger partial charge in [0, 0.05) is 36.8 Å². The molecule has 2 aliphatic rings. The number of hydrogen-bond acceptors (Lipinski definition) is 4. The van der Waals surface area contributed by atoms with Crippen molar-refractivity contribution in [2.45, 2.75) is 51.4 Å². The minimum absolute atomic E-state index is 0.292. The Bertz CT molecular complexity index is 1010. The second-order valence-corrected chi connectivity index (χ2v) is 8.06. The van der Waals surface area contributed by atoms with Gasteiger partial charge in [-0.2, -0.15) is 0 Å². The number of alkyl halides is 1. The van der Waals surface area contributed by atoms with Crippen molar-refractivity contribution < 1.29 is 9.13 Å². The second-order valence-electron chi connectivity index (χ2n) is 8.06. The normalized spacial score (nSPS) is 19.2. The van der Waals surface area contributed by atoms with E-state index in [0.29, 0.717) is 11.9 Å². The molecule has 4 heterocycles. The zero-order valence-corrected chi connectivity index (χ0v) is 16.9. The lowest BCUT2D eigenvalue weighted by molar-refractivity contribution is 0.138. The lowest BCUT2D eigenvalue weighted by Crippen LogP contribution is -2.39. The summed E-state index contributed by atoms with van der Waals surface area (Å²) < 4.78 is 21.0. The Morgan fingerprint density at radius 2 is 2.03 bits per heavy atom. The van der Waals surface area contributed by atoms with E-state index in [1.54, 1.807) is 7.11 Å². The van der Waals surface area contributed by atoms with E-state index in [0.717, 1.165) is 49.3 Å². The molecule has 5 nitrogen and oxygen atoms in total. The molecule has 0 bridgehead atoms. The van der Waals surface area contributed by atoms with Crippen LogP contribution in [0.25, 0.3) is 11.0 Å². The van der Waals surface area contributed by atoms with Gasteiger partial charge in [-0.05, 0) is 43.5 Å². The standard InChI is InChI=1S/C23H27FN4O/c1-29-17-7-5-16(6-8-17)9-13-28-19-10-12-27-11-3-2-4-18(27)22(19)23-20(28)15-25-21(14-24)26-23/h5-8,15,18H,2-4,9-14H2,1H3. The van der Waals surface area contributed by atoms with E-state index in [4.69, 9.17) is 4.74 Å². The maximum absolute atomic E-state index is 13.3. The topological polar surface area (TPSA) is 43.2 Å². The highest BCUT2D eigenvalue weighted by molar-refractivity contribution is 5.82. The molecule has 0 saturated carbocycles. The zero-order chi connectivity index (χ0) is 19.8. The summed E-state index contributed by atoms with van der Waals surface area (Å²) in [7, 11) is 1.69. The summed E-state index contributed by atoms with van der Waals surface area (Å²) in [5, 5.41) is 0. The molecule has 1 fully saturated rings. The largest absolute Gasteiger partial charge is 0.497 e. The fourth-order valence-electron chi connectivity index (χ4n) is 5.04. The number of rotatable bonds is 5. The van der Waals surface area contributed by atoms with E-state index in [-0.39, 0.29) is 0 Å². The molecule has 2 aromatic heterocycles. The van der Waals surface area contributed by atoms with Crippen molar-refractivity contribution in [3.63, 3.8) is 0 Å². The monoisotopic (exact) mass is 394 g/mol. The van der Waals surface area contributed by atoms with Crippen molar-refractivity contribution in [2.75, 3.05) is 20.2 Å². The first kappa shape index (κ1) is 18.6. The quantitative estimate of drug-likeness (QED) is 0.649. The van der Waals surface area contributed by atoms with Crippen LogP contribution in [0.15, 0.2) is 30.5 Å². The van der Waals surface area contributed by atoms with Gasteiger partial charge in [-0.25, -0.2) is 14.4 Å². The molecule has 2 aliphatic heterocycles. The first-order valence-corrected chi connectivity index (χ1v) is 10.6. The number of hydrogen-bond donors (Lipinski definition) is 0. The van der Waals surface area contributed by atoms with Crippen LogP contribution in [0, 0.1) is 0 Å². The van der Waals surface area contributed by atoms with Gasteiger partial charge >= 0.3 is 0 Å². The third kappa shape index (κ3) is 3.29. The first-order chi connectivity index (χ1) is 14.3. The van der Waals surface area contributed by atoms with Crippen LogP contribution >= 0.6 is 0 Å². The average Bonchev–Trinajstić information content (AvgIpc) is 3.11. The van der Waals surface area contributed by atoms with Gasteiger partial charge in [0.25, 0.3) is 0 Å². The van der Waals surface area contributed by atoms with Crippen molar-refractivity contribution in [3.05, 3.63) is 53.1 Å². The smallest absolute Gasteiger partial charge is 0.160 e. The fourth-order valence-corrected chi connectivity index (χ4v) is 5.04. The Balaban J connectivity index is 1.54. The molecule has 1 unspecified atom stereocenters. The van der Waals surface area contributed by atoms with Crippen LogP contribution < -0.4 is 4.74 Å². The van der Waals surface area contributed by atoms with Crippen molar-refractivity contribution in [2.24, 2.45) is 0 Å². The Labute approximate surface area is 170 Å². The van der Waals surface area contributed by atoms with Crippen LogP contribution in [0.5, 0.6) is 5.75 Å². The number of halogens is 1. The van der Waals surface area contributed by atoms with Crippen molar-refractivity contribution >= 4 is 11.0 Å². The molecule has 1 aromatic carbocycles. The Kier molecular flexibility index (Phi) is 4.96. The van der Waals surface area contributed by atoms with Crippen molar-refractivity contribution in [3.8, 4) is 5.75 Å². The minimum Gasteiger partial charge on any atom is -0.497 e. The van der Waals surface area contributed by atoms with Crippen LogP contribution in [0.4, 0.5) is 4.39 Å². The molecule has 5 rings (SSSR count). The molecule has 0 N–H and O–H groups in total. The van der Waals surface area contributed by atoms with Gasteiger partial charge in [-0.1, -0.05) is 18.6 Å². The molecular weight excluding hydrogens is 367 g/mol. The highest BCUT2D eigenvalue weighted by Gasteiger charge is 2.34. The number of aromatic nitrogens is 3. The van der Waals surface area contributed by atoms with E-state index in [1.807, 2.05) is 18.3 Å². The SMILES string of the molecule is COc1ccc(CCn2c3c(c4nc(CF)ncc42)C2CCCCN2CC3)cc1. The van der Waals surface area contributed by atoms with Crippen LogP contribution in [0.3, 0.4) is 0 Å². The Morgan fingerprint density at radius 3 is 2.83 bits per heavy atom. The van der Waals surface area contributed by atoms with Gasteiger partial charge in [-0.15, -0.1) is 0 Å². The molecule has 0 aliphatic carbocycles. The maximum atomic E-state index is 13.3. The third-order valence-electron chi connectivity index (χ3n) is 6.49. The summed E-state index contributed by atoms with van der Waals surface area (Å²) in [6.07, 6.45) is 7.47. The number of ether oxygens (including phenoxy) is 1. The number of methoxy groups -OCH3 is 1. The lowest BCUT2D eigenvalue weighted by atomic mass is 9.90. The van der Waals surface area contributed by atoms with E-state index < -0.39 is 6.67 Å². The number of piperidine rings is 1. The molecule has 0 amide bonds. The molecule has 1 saturated heterocycles. The molecule has 1 atom stereocenters. The number of fused-ring (bicyclic) bond motifs is 5. The predicted molar refractivity (Wildman–Crippen MR) is 111 cm³/mol. The van der Waals surface area contributed by atoms with Crippen LogP contribution in [0.1, 0.15) is 47.9 Å². The Hall–Kier alpha value is -2.47. The first-order valence-electron chi connectivity index (χ1n) is 10.6. The maximum Gasteiger partial charge on any atom is 0.160 e. The summed E-state index contributed by atoms with van der Waals surface area (Å²) in [4.78, 5) is 11.5. The van der Waals surface area contributed by atoms with Crippen molar-refractivity contribution in [1.82, 2.24) is 19.4 Å². The number of aryl methyl sites for hydroxylation is 2. The minimum atomic E-state index is -0.615. The van der Waals surface area contributed by atoms with Gasteiger partial charge in [-0.3, -0.25) is 4.90 Å². The summed E-state index contributed by atoms with van der Waals surface area (Å²) in [5.41, 5.74) is 6.00. The van der Waals surface area contributed by atoms with Gasteiger partial charge in [0.05, 0.1) is 24.3 Å². The zero-order valence-electron chi connectivity index (χ0n) is 16.9. The van der Waals surface area contributed by atoms with E-state index in [9.17, 15) is 4.39 Å². The summed E-state index contributed by atoms with van der Waals surface area (Å²) in [6, 6.07) is 8.68. The molecule has 3 aromatic rings. The summed E-state index contributed by atoms with van der Waals surface area (Å²) in [6.45, 7) is 2.52. The lowest BCUT2D eigenvalue weighted by Gasteiger charge is -2.39. The third-order valence-corrected chi connectivity index (χ3v) is 6.49. The Morgan fingerprint density at radius 1 is 1.17 bits per heavy atom. The number of nitrogens with zero attached hydrogens (tertiary/aromatic N) is 4. The van der Waals surface area contributed by atoms with E-state index >= 15 is 0 Å². The molecule has 29 heavy (non-hydrogen) atoms. The van der Waals surface area contributed by atoms with Crippen LogP contribution in [-0.2, 0) is 26.1 Å². The van der Waals surface area contributed by atoms with Gasteiger partial charge in [0.2, 0.25) is 0 Å². The van der Waals surface area contributed by atoms with Crippen molar-refractivity contribution in [1.29, 1.82) is 0 Å². The van der Waals surface area contributed by atoms with Gasteiger partial charge < -0.3 is 9.30 Å². The highest BCUT2D eigenvalue weighted by Crippen LogP contribution is 2.41. The highest BCUT2D eigenvalue weighted by atomic mass is 19.1. The van der Waals surface area contributed by atoms with Crippen LogP contribution in [-0.4, -0.2) is 39.6 Å². The number of benzene rings is 1. The molecule has 6 heteroatoms. The van der Waals surface area contributed by atoms with E-state index in [1.165, 1.54) is 36.1 Å². The molecule has 152 valence electrons. The average molecular weight is 394 g/mol. The van der Waals surface area contributed by atoms with Gasteiger partial charge in [0.1, 0.15) is 12.4 Å².